The third-order valence-corrected chi connectivity index (χ3v) is 7.52. The zero-order chi connectivity index (χ0) is 13.7. The van der Waals surface area contributed by atoms with Gasteiger partial charge in [0.25, 0.3) is 0 Å². The topological polar surface area (TPSA) is 29.3 Å². The Morgan fingerprint density at radius 2 is 1.50 bits per heavy atom. The molecule has 0 aliphatic heterocycles. The highest BCUT2D eigenvalue weighted by molar-refractivity contribution is 5.13. The molecular formula is C18H32N2. The number of nitrogens with two attached hydrogens (primary N) is 1. The Balaban J connectivity index is 1.67. The van der Waals surface area contributed by atoms with Crippen LogP contribution in [0.15, 0.2) is 0 Å². The molecule has 5 aliphatic carbocycles. The molecule has 0 radical (unpaired) electrons. The molecule has 0 heterocycles. The van der Waals surface area contributed by atoms with Gasteiger partial charge >= 0.3 is 0 Å². The molecule has 5 aliphatic rings. The minimum Gasteiger partial charge on any atom is -0.329 e. The lowest BCUT2D eigenvalue weighted by Crippen LogP contribution is -2.70. The summed E-state index contributed by atoms with van der Waals surface area (Å²) in [5.74, 6) is 3.95. The monoisotopic (exact) mass is 276 g/mol. The van der Waals surface area contributed by atoms with E-state index in [-0.39, 0.29) is 0 Å². The quantitative estimate of drug-likeness (QED) is 0.852. The number of hydrogen-bond donors (Lipinski definition) is 1. The van der Waals surface area contributed by atoms with E-state index in [0.29, 0.717) is 5.54 Å². The minimum absolute atomic E-state index is 0.386. The van der Waals surface area contributed by atoms with Gasteiger partial charge in [-0.2, -0.15) is 0 Å². The molecule has 0 unspecified atom stereocenters. The van der Waals surface area contributed by atoms with Crippen LogP contribution in [0.1, 0.15) is 64.7 Å². The van der Waals surface area contributed by atoms with E-state index >= 15 is 0 Å². The highest BCUT2D eigenvalue weighted by Gasteiger charge is 2.59. The maximum absolute atomic E-state index is 6.49. The molecule has 0 aromatic carbocycles. The lowest BCUT2D eigenvalue weighted by molar-refractivity contribution is -0.142. The minimum atomic E-state index is 0.386. The fraction of sp³-hybridized carbons (Fsp3) is 1.00. The van der Waals surface area contributed by atoms with Gasteiger partial charge in [0.2, 0.25) is 0 Å². The second kappa shape index (κ2) is 4.98. The van der Waals surface area contributed by atoms with Crippen molar-refractivity contribution in [3.63, 3.8) is 0 Å². The van der Waals surface area contributed by atoms with Crippen LogP contribution in [0.3, 0.4) is 0 Å². The third kappa shape index (κ3) is 1.76. The highest BCUT2D eigenvalue weighted by atomic mass is 15.3. The smallest absolute Gasteiger partial charge is 0.0391 e. The van der Waals surface area contributed by atoms with E-state index in [4.69, 9.17) is 5.73 Å². The van der Waals surface area contributed by atoms with Crippen LogP contribution in [-0.2, 0) is 0 Å². The van der Waals surface area contributed by atoms with Gasteiger partial charge in [-0.05, 0) is 75.2 Å². The summed E-state index contributed by atoms with van der Waals surface area (Å²) in [5.41, 5.74) is 6.88. The van der Waals surface area contributed by atoms with Crippen molar-refractivity contribution in [3.8, 4) is 0 Å². The van der Waals surface area contributed by atoms with Gasteiger partial charge in [0, 0.05) is 18.1 Å². The van der Waals surface area contributed by atoms with Crippen LogP contribution in [0.5, 0.6) is 0 Å². The van der Waals surface area contributed by atoms with Gasteiger partial charge in [0.15, 0.2) is 0 Å². The summed E-state index contributed by atoms with van der Waals surface area (Å²) in [5, 5.41) is 0. The van der Waals surface area contributed by atoms with E-state index in [1.54, 1.807) is 6.42 Å². The van der Waals surface area contributed by atoms with Gasteiger partial charge in [-0.15, -0.1) is 0 Å². The van der Waals surface area contributed by atoms with Crippen LogP contribution in [0.4, 0.5) is 0 Å². The number of nitrogens with zero attached hydrogens (tertiary/aromatic N) is 1. The molecule has 2 N–H and O–H groups in total. The van der Waals surface area contributed by atoms with Gasteiger partial charge in [0.05, 0.1) is 0 Å². The van der Waals surface area contributed by atoms with Crippen molar-refractivity contribution in [2.75, 3.05) is 13.1 Å². The molecule has 0 atom stereocenters. The lowest BCUT2D eigenvalue weighted by atomic mass is 9.48. The Bertz CT molecular complexity index is 330. The first-order valence-corrected chi connectivity index (χ1v) is 9.24. The fourth-order valence-corrected chi connectivity index (χ4v) is 7.03. The van der Waals surface area contributed by atoms with Crippen molar-refractivity contribution >= 4 is 0 Å². The predicted octanol–water partition coefficient (Wildman–Crippen LogP) is 3.40. The van der Waals surface area contributed by atoms with Gasteiger partial charge in [-0.25, -0.2) is 0 Å². The standard InChI is InChI=1S/C18H32N2/c1-2-20(17-5-3-4-6-17)18(12-19)15-8-13-7-14(10-15)11-16(18)9-13/h13-17H,2-12,19H2,1H3. The first-order chi connectivity index (χ1) is 9.77. The number of likely N-dealkylation sites (N-methyl/N-ethyl adjacent to an activating group) is 1. The average Bonchev–Trinajstić information content (AvgIpc) is 2.96. The number of hydrogen-bond acceptors (Lipinski definition) is 2. The van der Waals surface area contributed by atoms with E-state index < -0.39 is 0 Å². The Morgan fingerprint density at radius 1 is 0.950 bits per heavy atom. The van der Waals surface area contributed by atoms with Crippen LogP contribution in [-0.4, -0.2) is 29.6 Å². The normalized spacial score (nSPS) is 47.5. The van der Waals surface area contributed by atoms with Crippen molar-refractivity contribution in [3.05, 3.63) is 0 Å². The van der Waals surface area contributed by atoms with Gasteiger partial charge in [0.1, 0.15) is 0 Å². The Labute approximate surface area is 124 Å². The first kappa shape index (κ1) is 13.6. The SMILES string of the molecule is CCN(C1CCCC1)C1(CN)C2CC3CC(C2)CC1C3. The summed E-state index contributed by atoms with van der Waals surface area (Å²) in [4.78, 5) is 2.92. The molecule has 5 rings (SSSR count). The van der Waals surface area contributed by atoms with Crippen LogP contribution in [0, 0.1) is 23.7 Å². The van der Waals surface area contributed by atoms with Crippen LogP contribution in [0.25, 0.3) is 0 Å². The molecule has 0 spiro atoms. The summed E-state index contributed by atoms with van der Waals surface area (Å²) in [7, 11) is 0. The molecular weight excluding hydrogens is 244 g/mol. The zero-order valence-electron chi connectivity index (χ0n) is 13.2. The van der Waals surface area contributed by atoms with Crippen LogP contribution < -0.4 is 5.73 Å². The van der Waals surface area contributed by atoms with Crippen molar-refractivity contribution in [1.82, 2.24) is 4.90 Å². The van der Waals surface area contributed by atoms with E-state index in [1.807, 2.05) is 0 Å². The zero-order valence-corrected chi connectivity index (χ0v) is 13.2. The van der Waals surface area contributed by atoms with Crippen LogP contribution >= 0.6 is 0 Å². The molecule has 0 aromatic rings. The van der Waals surface area contributed by atoms with Crippen molar-refractivity contribution in [1.29, 1.82) is 0 Å². The molecule has 0 saturated heterocycles. The fourth-order valence-electron chi connectivity index (χ4n) is 7.03. The molecule has 2 nitrogen and oxygen atoms in total. The Kier molecular flexibility index (Phi) is 3.38. The van der Waals surface area contributed by atoms with Crippen molar-refractivity contribution < 1.29 is 0 Å². The van der Waals surface area contributed by atoms with Crippen molar-refractivity contribution in [2.45, 2.75) is 76.3 Å². The van der Waals surface area contributed by atoms with Crippen molar-refractivity contribution in [2.24, 2.45) is 29.4 Å². The first-order valence-electron chi connectivity index (χ1n) is 9.24. The molecule has 114 valence electrons. The molecule has 5 saturated carbocycles. The second-order valence-electron chi connectivity index (χ2n) is 8.22. The summed E-state index contributed by atoms with van der Waals surface area (Å²) >= 11 is 0. The summed E-state index contributed by atoms with van der Waals surface area (Å²) < 4.78 is 0. The van der Waals surface area contributed by atoms with Gasteiger partial charge in [-0.1, -0.05) is 19.8 Å². The van der Waals surface area contributed by atoms with E-state index in [2.05, 4.69) is 11.8 Å². The third-order valence-electron chi connectivity index (χ3n) is 7.52. The maximum atomic E-state index is 6.49. The number of rotatable bonds is 4. The molecule has 5 fully saturated rings. The van der Waals surface area contributed by atoms with E-state index in [0.717, 1.165) is 36.3 Å². The van der Waals surface area contributed by atoms with Gasteiger partial charge < -0.3 is 5.73 Å². The lowest BCUT2D eigenvalue weighted by Gasteiger charge is -2.65. The Morgan fingerprint density at radius 3 is 1.95 bits per heavy atom. The predicted molar refractivity (Wildman–Crippen MR) is 83.5 cm³/mol. The van der Waals surface area contributed by atoms with Crippen LogP contribution in [0.2, 0.25) is 0 Å². The Hall–Kier alpha value is -0.0800. The molecule has 20 heavy (non-hydrogen) atoms. The molecule has 0 amide bonds. The summed E-state index contributed by atoms with van der Waals surface area (Å²) in [6, 6.07) is 0.848. The molecule has 4 bridgehead atoms. The highest BCUT2D eigenvalue weighted by Crippen LogP contribution is 2.60. The summed E-state index contributed by atoms with van der Waals surface area (Å²) in [6.45, 7) is 4.54. The van der Waals surface area contributed by atoms with E-state index in [9.17, 15) is 0 Å². The summed E-state index contributed by atoms with van der Waals surface area (Å²) in [6.07, 6.45) is 13.3. The van der Waals surface area contributed by atoms with E-state index in [1.165, 1.54) is 57.9 Å². The largest absolute Gasteiger partial charge is 0.329 e. The maximum Gasteiger partial charge on any atom is 0.0391 e. The molecule has 2 heteroatoms. The second-order valence-corrected chi connectivity index (χ2v) is 8.22. The van der Waals surface area contributed by atoms with Gasteiger partial charge in [-0.3, -0.25) is 4.90 Å². The average molecular weight is 276 g/mol. The molecule has 0 aromatic heterocycles.